The van der Waals surface area contributed by atoms with Crippen LogP contribution in [0, 0.1) is 11.2 Å². The number of halogens is 1. The summed E-state index contributed by atoms with van der Waals surface area (Å²) in [5.74, 6) is 1.15. The summed E-state index contributed by atoms with van der Waals surface area (Å²) < 4.78 is 30.8. The van der Waals surface area contributed by atoms with Crippen molar-refractivity contribution in [3.8, 4) is 23.0 Å². The molecule has 4 aromatic rings. The van der Waals surface area contributed by atoms with Crippen molar-refractivity contribution in [1.82, 2.24) is 14.8 Å². The number of carbonyl (C=O) groups excluding carboxylic acids is 3. The number of Topliss-reactive ketones (excluding diaryl/α,β-unsaturated/α-hetero) is 2. The summed E-state index contributed by atoms with van der Waals surface area (Å²) in [6.07, 6.45) is 2.52. The molecule has 1 amide bonds. The molecule has 1 aliphatic heterocycles. The highest BCUT2D eigenvalue weighted by Crippen LogP contribution is 2.49. The Labute approximate surface area is 266 Å². The third kappa shape index (κ3) is 6.57. The summed E-state index contributed by atoms with van der Waals surface area (Å²) >= 11 is 0. The molecule has 9 nitrogen and oxygen atoms in total. The molecule has 0 N–H and O–H groups in total. The molecule has 2 heterocycles. The number of piperazine rings is 1. The highest BCUT2D eigenvalue weighted by molar-refractivity contribution is 6.11. The summed E-state index contributed by atoms with van der Waals surface area (Å²) in [4.78, 5) is 47.6. The predicted molar refractivity (Wildman–Crippen MR) is 170 cm³/mol. The zero-order chi connectivity index (χ0) is 32.4. The first-order valence-corrected chi connectivity index (χ1v) is 15.4. The molecule has 1 saturated heterocycles. The van der Waals surface area contributed by atoms with E-state index in [1.54, 1.807) is 53.6 Å². The maximum atomic E-state index is 13.2. The Balaban J connectivity index is 1.12. The second-order valence-electron chi connectivity index (χ2n) is 12.2. The van der Waals surface area contributed by atoms with Crippen LogP contribution in [0.1, 0.15) is 30.9 Å². The maximum Gasteiger partial charge on any atom is 0.415 e. The highest BCUT2D eigenvalue weighted by atomic mass is 19.1. The molecule has 1 saturated carbocycles. The number of rotatable bonds is 10. The van der Waals surface area contributed by atoms with Gasteiger partial charge in [0.15, 0.2) is 23.1 Å². The topological polar surface area (TPSA) is 98.3 Å². The quantitative estimate of drug-likeness (QED) is 0.198. The van der Waals surface area contributed by atoms with Gasteiger partial charge >= 0.3 is 6.09 Å². The van der Waals surface area contributed by atoms with Crippen LogP contribution in [0.25, 0.3) is 10.9 Å². The lowest BCUT2D eigenvalue weighted by Crippen LogP contribution is -2.53. The average molecular weight is 626 g/mol. The van der Waals surface area contributed by atoms with E-state index in [2.05, 4.69) is 9.88 Å². The maximum absolute atomic E-state index is 13.2. The van der Waals surface area contributed by atoms with Crippen LogP contribution in [-0.4, -0.2) is 72.3 Å². The number of pyridine rings is 1. The third-order valence-corrected chi connectivity index (χ3v) is 8.86. The van der Waals surface area contributed by atoms with Crippen molar-refractivity contribution in [3.63, 3.8) is 0 Å². The van der Waals surface area contributed by atoms with Crippen LogP contribution in [-0.2, 0) is 22.4 Å². The summed E-state index contributed by atoms with van der Waals surface area (Å²) in [6.45, 7) is 4.11. The zero-order valence-corrected chi connectivity index (χ0v) is 26.1. The van der Waals surface area contributed by atoms with Gasteiger partial charge in [0.05, 0.1) is 18.0 Å². The summed E-state index contributed by atoms with van der Waals surface area (Å²) in [7, 11) is 3.54. The van der Waals surface area contributed by atoms with E-state index in [-0.39, 0.29) is 42.0 Å². The second kappa shape index (κ2) is 12.9. The van der Waals surface area contributed by atoms with Gasteiger partial charge in [-0.1, -0.05) is 24.3 Å². The minimum Gasteiger partial charge on any atom is -0.493 e. The molecule has 238 valence electrons. The molecule has 2 fully saturated rings. The number of ether oxygens (including phenoxy) is 3. The summed E-state index contributed by atoms with van der Waals surface area (Å²) in [6, 6.07) is 18.1. The molecular formula is C36H36FN3O6. The van der Waals surface area contributed by atoms with E-state index < -0.39 is 11.5 Å². The van der Waals surface area contributed by atoms with E-state index in [9.17, 15) is 18.8 Å². The lowest BCUT2D eigenvalue weighted by molar-refractivity contribution is -0.133. The van der Waals surface area contributed by atoms with E-state index >= 15 is 0 Å². The molecular weight excluding hydrogens is 589 g/mol. The van der Waals surface area contributed by atoms with Gasteiger partial charge < -0.3 is 24.0 Å². The monoisotopic (exact) mass is 625 g/mol. The van der Waals surface area contributed by atoms with Crippen molar-refractivity contribution >= 4 is 28.6 Å². The van der Waals surface area contributed by atoms with Gasteiger partial charge in [-0.2, -0.15) is 0 Å². The fraction of sp³-hybridized carbons (Fsp3) is 0.333. The largest absolute Gasteiger partial charge is 0.493 e. The molecule has 3 aromatic carbocycles. The van der Waals surface area contributed by atoms with Crippen molar-refractivity contribution in [1.29, 1.82) is 0 Å². The van der Waals surface area contributed by atoms with Gasteiger partial charge in [0.25, 0.3) is 0 Å². The first-order valence-electron chi connectivity index (χ1n) is 15.4. The van der Waals surface area contributed by atoms with Crippen LogP contribution >= 0.6 is 0 Å². The van der Waals surface area contributed by atoms with Crippen LogP contribution in [0.2, 0.25) is 0 Å². The fourth-order valence-electron chi connectivity index (χ4n) is 5.97. The molecule has 46 heavy (non-hydrogen) atoms. The molecule has 0 radical (unpaired) electrons. The molecule has 0 bridgehead atoms. The molecule has 0 unspecified atom stereocenters. The Bertz CT molecular complexity index is 1770. The Morgan fingerprint density at radius 3 is 2.15 bits per heavy atom. The fourth-order valence-corrected chi connectivity index (χ4v) is 5.97. The van der Waals surface area contributed by atoms with Crippen molar-refractivity contribution in [2.45, 2.75) is 38.6 Å². The molecule has 1 atom stereocenters. The normalized spacial score (nSPS) is 17.4. The Hall–Kier alpha value is -4.83. The van der Waals surface area contributed by atoms with Gasteiger partial charge in [-0.15, -0.1) is 0 Å². The van der Waals surface area contributed by atoms with Crippen LogP contribution in [0.5, 0.6) is 23.0 Å². The van der Waals surface area contributed by atoms with E-state index in [1.807, 2.05) is 26.1 Å². The van der Waals surface area contributed by atoms with Gasteiger partial charge in [-0.25, -0.2) is 9.18 Å². The lowest BCUT2D eigenvalue weighted by Gasteiger charge is -2.37. The van der Waals surface area contributed by atoms with Gasteiger partial charge in [0.1, 0.15) is 17.3 Å². The molecule has 1 aliphatic carbocycles. The standard InChI is InChI=1S/C36H36FN3O6/c1-23-22-39(2)16-17-40(23)35(43)46-32-21-29-28(20-31(32)44-3)30(12-15-38-29)45-27-10-6-25(7-11-27)19-34(42)36(13-14-36)33(41)18-24-4-8-26(37)9-5-24/h4-12,15,20-21,23H,13-14,16-19,22H2,1-3H3/t23-/m0/s1. The van der Waals surface area contributed by atoms with Crippen molar-refractivity contribution in [2.75, 3.05) is 33.8 Å². The van der Waals surface area contributed by atoms with E-state index in [0.29, 0.717) is 53.1 Å². The SMILES string of the molecule is COc1cc2c(Oc3ccc(CC(=O)C4(C(=O)Cc5ccc(F)cc5)CC4)cc3)ccnc2cc1OC(=O)N1CCN(C)C[C@@H]1C. The number of nitrogens with zero attached hydrogens (tertiary/aromatic N) is 3. The number of benzene rings is 3. The van der Waals surface area contributed by atoms with Crippen molar-refractivity contribution in [2.24, 2.45) is 5.41 Å². The predicted octanol–water partition coefficient (Wildman–Crippen LogP) is 6.01. The number of aromatic nitrogens is 1. The number of fused-ring (bicyclic) bond motifs is 1. The zero-order valence-electron chi connectivity index (χ0n) is 26.1. The van der Waals surface area contributed by atoms with E-state index in [1.165, 1.54) is 19.2 Å². The van der Waals surface area contributed by atoms with Crippen molar-refractivity contribution < 1.29 is 33.0 Å². The first kappa shape index (κ1) is 31.2. The van der Waals surface area contributed by atoms with Crippen LogP contribution in [0.3, 0.4) is 0 Å². The first-order chi connectivity index (χ1) is 22.1. The Morgan fingerprint density at radius 2 is 1.54 bits per heavy atom. The van der Waals surface area contributed by atoms with Gasteiger partial charge in [0.2, 0.25) is 0 Å². The minimum absolute atomic E-state index is 0.0190. The van der Waals surface area contributed by atoms with Gasteiger partial charge in [-0.05, 0) is 74.3 Å². The van der Waals surface area contributed by atoms with E-state index in [4.69, 9.17) is 14.2 Å². The Morgan fingerprint density at radius 1 is 0.891 bits per heavy atom. The number of ketones is 2. The Kier molecular flexibility index (Phi) is 8.73. The highest BCUT2D eigenvalue weighted by Gasteiger charge is 2.54. The van der Waals surface area contributed by atoms with Crippen LogP contribution in [0.15, 0.2) is 72.9 Å². The molecule has 1 aromatic heterocycles. The second-order valence-corrected chi connectivity index (χ2v) is 12.2. The number of carbonyl (C=O) groups is 3. The molecule has 6 rings (SSSR count). The smallest absolute Gasteiger partial charge is 0.415 e. The lowest BCUT2D eigenvalue weighted by atomic mass is 9.88. The average Bonchev–Trinajstić information content (AvgIpc) is 3.85. The third-order valence-electron chi connectivity index (χ3n) is 8.86. The van der Waals surface area contributed by atoms with Gasteiger partial charge in [0, 0.05) is 56.2 Å². The van der Waals surface area contributed by atoms with Gasteiger partial charge in [-0.3, -0.25) is 14.6 Å². The molecule has 10 heteroatoms. The number of hydrogen-bond donors (Lipinski definition) is 0. The number of hydrogen-bond acceptors (Lipinski definition) is 8. The van der Waals surface area contributed by atoms with E-state index in [0.717, 1.165) is 18.7 Å². The van der Waals surface area contributed by atoms with Crippen LogP contribution in [0.4, 0.5) is 9.18 Å². The van der Waals surface area contributed by atoms with Crippen molar-refractivity contribution in [3.05, 3.63) is 89.9 Å². The summed E-state index contributed by atoms with van der Waals surface area (Å²) in [5.41, 5.74) is 1.09. The molecule has 2 aliphatic rings. The summed E-state index contributed by atoms with van der Waals surface area (Å²) in [5, 5.41) is 0.668. The molecule has 0 spiro atoms. The number of amides is 1. The van der Waals surface area contributed by atoms with Crippen LogP contribution < -0.4 is 14.2 Å². The minimum atomic E-state index is -0.950. The number of likely N-dealkylation sites (N-methyl/N-ethyl adjacent to an activating group) is 1. The number of methoxy groups -OCH3 is 1.